The van der Waals surface area contributed by atoms with Gasteiger partial charge in [-0.3, -0.25) is 4.90 Å². The van der Waals surface area contributed by atoms with E-state index in [-0.39, 0.29) is 0 Å². The lowest BCUT2D eigenvalue weighted by Gasteiger charge is -2.20. The van der Waals surface area contributed by atoms with Gasteiger partial charge >= 0.3 is 0 Å². The zero-order valence-electron chi connectivity index (χ0n) is 12.9. The molecule has 0 aliphatic rings. The largest absolute Gasteiger partial charge is 0.385 e. The van der Waals surface area contributed by atoms with Gasteiger partial charge in [-0.2, -0.15) is 0 Å². The maximum Gasteiger partial charge on any atom is 0.0385 e. The highest BCUT2D eigenvalue weighted by molar-refractivity contribution is 5.50. The van der Waals surface area contributed by atoms with Crippen molar-refractivity contribution < 1.29 is 0 Å². The van der Waals surface area contributed by atoms with Gasteiger partial charge in [0.2, 0.25) is 0 Å². The second-order valence-corrected chi connectivity index (χ2v) is 5.11. The summed E-state index contributed by atoms with van der Waals surface area (Å²) >= 11 is 0. The number of hydrogen-bond donors (Lipinski definition) is 1. The van der Waals surface area contributed by atoms with Crippen LogP contribution in [0.2, 0.25) is 0 Å². The Morgan fingerprint density at radius 3 is 2.37 bits per heavy atom. The SMILES string of the molecule is CCCCCCNc1ccccc1CN(CC)CC. The summed E-state index contributed by atoms with van der Waals surface area (Å²) in [7, 11) is 0. The zero-order chi connectivity index (χ0) is 13.9. The van der Waals surface area contributed by atoms with E-state index in [0.717, 1.165) is 26.2 Å². The Bertz CT molecular complexity index is 332. The molecule has 108 valence electrons. The molecule has 0 saturated carbocycles. The molecule has 1 rings (SSSR count). The average molecular weight is 262 g/mol. The first-order valence-corrected chi connectivity index (χ1v) is 7.85. The molecule has 0 heterocycles. The summed E-state index contributed by atoms with van der Waals surface area (Å²) < 4.78 is 0. The Hall–Kier alpha value is -1.02. The minimum absolute atomic E-state index is 1.05. The normalized spacial score (nSPS) is 10.9. The second-order valence-electron chi connectivity index (χ2n) is 5.11. The molecule has 0 spiro atoms. The van der Waals surface area contributed by atoms with Gasteiger partial charge in [-0.05, 0) is 31.1 Å². The highest BCUT2D eigenvalue weighted by Gasteiger charge is 2.05. The number of rotatable bonds is 10. The lowest BCUT2D eigenvalue weighted by atomic mass is 10.1. The molecular weight excluding hydrogens is 232 g/mol. The van der Waals surface area contributed by atoms with Crippen LogP contribution in [0, 0.1) is 0 Å². The van der Waals surface area contributed by atoms with Gasteiger partial charge in [-0.1, -0.05) is 58.2 Å². The smallest absolute Gasteiger partial charge is 0.0385 e. The van der Waals surface area contributed by atoms with Crippen LogP contribution >= 0.6 is 0 Å². The molecule has 19 heavy (non-hydrogen) atoms. The highest BCUT2D eigenvalue weighted by atomic mass is 15.1. The minimum Gasteiger partial charge on any atom is -0.385 e. The maximum atomic E-state index is 3.60. The van der Waals surface area contributed by atoms with Crippen LogP contribution in [0.4, 0.5) is 5.69 Å². The molecule has 0 bridgehead atoms. The van der Waals surface area contributed by atoms with Crippen molar-refractivity contribution in [1.29, 1.82) is 0 Å². The van der Waals surface area contributed by atoms with E-state index in [2.05, 4.69) is 55.3 Å². The van der Waals surface area contributed by atoms with Crippen molar-refractivity contribution in [1.82, 2.24) is 4.90 Å². The monoisotopic (exact) mass is 262 g/mol. The fourth-order valence-corrected chi connectivity index (χ4v) is 2.29. The van der Waals surface area contributed by atoms with Crippen molar-refractivity contribution in [2.45, 2.75) is 53.0 Å². The van der Waals surface area contributed by atoms with E-state index in [4.69, 9.17) is 0 Å². The van der Waals surface area contributed by atoms with E-state index in [9.17, 15) is 0 Å². The number of unbranched alkanes of at least 4 members (excludes halogenated alkanes) is 3. The van der Waals surface area contributed by atoms with Crippen LogP contribution in [0.15, 0.2) is 24.3 Å². The van der Waals surface area contributed by atoms with E-state index < -0.39 is 0 Å². The van der Waals surface area contributed by atoms with Crippen LogP contribution in [-0.4, -0.2) is 24.5 Å². The molecule has 1 aromatic rings. The summed E-state index contributed by atoms with van der Waals surface area (Å²) in [4.78, 5) is 2.46. The summed E-state index contributed by atoms with van der Waals surface area (Å²) in [6.45, 7) is 11.1. The van der Waals surface area contributed by atoms with Gasteiger partial charge in [0.1, 0.15) is 0 Å². The fourth-order valence-electron chi connectivity index (χ4n) is 2.29. The van der Waals surface area contributed by atoms with Crippen molar-refractivity contribution in [3.05, 3.63) is 29.8 Å². The summed E-state index contributed by atoms with van der Waals surface area (Å²) in [5.74, 6) is 0. The van der Waals surface area contributed by atoms with Gasteiger partial charge in [-0.25, -0.2) is 0 Å². The van der Waals surface area contributed by atoms with Crippen LogP contribution < -0.4 is 5.32 Å². The summed E-state index contributed by atoms with van der Waals surface area (Å²) in [5.41, 5.74) is 2.73. The van der Waals surface area contributed by atoms with E-state index in [1.165, 1.54) is 36.9 Å². The van der Waals surface area contributed by atoms with Crippen LogP contribution in [-0.2, 0) is 6.54 Å². The zero-order valence-corrected chi connectivity index (χ0v) is 12.9. The molecule has 0 atom stereocenters. The van der Waals surface area contributed by atoms with Crippen LogP contribution in [0.3, 0.4) is 0 Å². The lowest BCUT2D eigenvalue weighted by Crippen LogP contribution is -2.22. The third kappa shape index (κ3) is 6.11. The second kappa shape index (κ2) is 9.85. The van der Waals surface area contributed by atoms with E-state index in [1.807, 2.05) is 0 Å². The third-order valence-corrected chi connectivity index (χ3v) is 3.65. The number of benzene rings is 1. The topological polar surface area (TPSA) is 15.3 Å². The average Bonchev–Trinajstić information content (AvgIpc) is 2.45. The van der Waals surface area contributed by atoms with E-state index in [1.54, 1.807) is 0 Å². The molecule has 1 aromatic carbocycles. The molecule has 0 amide bonds. The van der Waals surface area contributed by atoms with Crippen molar-refractivity contribution in [2.75, 3.05) is 25.0 Å². The standard InChI is InChI=1S/C17H30N2/c1-4-7-8-11-14-18-17-13-10-9-12-16(17)15-19(5-2)6-3/h9-10,12-13,18H,4-8,11,14-15H2,1-3H3. The number of hydrogen-bond acceptors (Lipinski definition) is 2. The highest BCUT2D eigenvalue weighted by Crippen LogP contribution is 2.17. The molecule has 0 aliphatic carbocycles. The molecule has 1 N–H and O–H groups in total. The molecule has 0 fully saturated rings. The molecule has 0 radical (unpaired) electrons. The molecule has 2 heteroatoms. The molecular formula is C17H30N2. The van der Waals surface area contributed by atoms with E-state index >= 15 is 0 Å². The minimum atomic E-state index is 1.05. The maximum absolute atomic E-state index is 3.60. The van der Waals surface area contributed by atoms with Gasteiger partial charge in [0.05, 0.1) is 0 Å². The predicted octanol–water partition coefficient (Wildman–Crippen LogP) is 4.52. The number of nitrogens with zero attached hydrogens (tertiary/aromatic N) is 1. The van der Waals surface area contributed by atoms with Crippen molar-refractivity contribution in [3.63, 3.8) is 0 Å². The van der Waals surface area contributed by atoms with Crippen molar-refractivity contribution >= 4 is 5.69 Å². The van der Waals surface area contributed by atoms with Crippen LogP contribution in [0.25, 0.3) is 0 Å². The Balaban J connectivity index is 2.48. The van der Waals surface area contributed by atoms with Crippen molar-refractivity contribution in [2.24, 2.45) is 0 Å². The van der Waals surface area contributed by atoms with Crippen LogP contribution in [0.1, 0.15) is 52.0 Å². The number of nitrogens with one attached hydrogen (secondary N) is 1. The fraction of sp³-hybridized carbons (Fsp3) is 0.647. The first-order valence-electron chi connectivity index (χ1n) is 7.85. The van der Waals surface area contributed by atoms with Gasteiger partial charge in [-0.15, -0.1) is 0 Å². The quantitative estimate of drug-likeness (QED) is 0.624. The Morgan fingerprint density at radius 2 is 1.68 bits per heavy atom. The van der Waals surface area contributed by atoms with Crippen molar-refractivity contribution in [3.8, 4) is 0 Å². The first kappa shape index (κ1) is 16.0. The molecule has 0 saturated heterocycles. The Morgan fingerprint density at radius 1 is 0.947 bits per heavy atom. The van der Waals surface area contributed by atoms with Gasteiger partial charge < -0.3 is 5.32 Å². The molecule has 0 aromatic heterocycles. The summed E-state index contributed by atoms with van der Waals surface area (Å²) in [5, 5.41) is 3.60. The Kier molecular flexibility index (Phi) is 8.31. The summed E-state index contributed by atoms with van der Waals surface area (Å²) in [6.07, 6.45) is 5.26. The molecule has 0 aliphatic heterocycles. The molecule has 2 nitrogen and oxygen atoms in total. The number of anilines is 1. The lowest BCUT2D eigenvalue weighted by molar-refractivity contribution is 0.296. The Labute approximate surface area is 119 Å². The van der Waals surface area contributed by atoms with Gasteiger partial charge in [0, 0.05) is 18.8 Å². The van der Waals surface area contributed by atoms with Crippen LogP contribution in [0.5, 0.6) is 0 Å². The third-order valence-electron chi connectivity index (χ3n) is 3.65. The summed E-state index contributed by atoms with van der Waals surface area (Å²) in [6, 6.07) is 8.71. The first-order chi connectivity index (χ1) is 9.31. The molecule has 0 unspecified atom stereocenters. The van der Waals surface area contributed by atoms with E-state index in [0.29, 0.717) is 0 Å². The number of para-hydroxylation sites is 1. The van der Waals surface area contributed by atoms with Gasteiger partial charge in [0.25, 0.3) is 0 Å². The van der Waals surface area contributed by atoms with Gasteiger partial charge in [0.15, 0.2) is 0 Å². The predicted molar refractivity (Wildman–Crippen MR) is 85.7 cm³/mol.